The molecule has 228 valence electrons. The smallest absolute Gasteiger partial charge is 0.232 e. The third-order valence-electron chi connectivity index (χ3n) is 8.96. The van der Waals surface area contributed by atoms with E-state index in [1.165, 1.54) is 44.1 Å². The van der Waals surface area contributed by atoms with Crippen molar-refractivity contribution in [3.63, 3.8) is 0 Å². The van der Waals surface area contributed by atoms with Crippen LogP contribution in [-0.4, -0.2) is 47.6 Å². The quantitative estimate of drug-likeness (QED) is 0.182. The molecule has 0 amide bonds. The average Bonchev–Trinajstić information content (AvgIpc) is 3.74. The minimum Gasteiger partial charge on any atom is -0.340 e. The van der Waals surface area contributed by atoms with Crippen LogP contribution in [0.4, 0.5) is 0 Å². The van der Waals surface area contributed by atoms with Crippen LogP contribution in [0.5, 0.6) is 0 Å². The highest BCUT2D eigenvalue weighted by Crippen LogP contribution is 2.38. The maximum absolute atomic E-state index is 6.94. The molecule has 0 atom stereocenters. The van der Waals surface area contributed by atoms with Gasteiger partial charge in [-0.15, -0.1) is 15.3 Å². The van der Waals surface area contributed by atoms with E-state index in [0.717, 1.165) is 48.2 Å². The van der Waals surface area contributed by atoms with Crippen LogP contribution in [0.1, 0.15) is 115 Å². The van der Waals surface area contributed by atoms with E-state index in [2.05, 4.69) is 76.4 Å². The van der Waals surface area contributed by atoms with Gasteiger partial charge in [-0.3, -0.25) is 0 Å². The normalized spacial score (nSPS) is 17.1. The van der Waals surface area contributed by atoms with Crippen LogP contribution in [0.2, 0.25) is 0 Å². The maximum Gasteiger partial charge on any atom is 0.232 e. The molecule has 1 N–H and O–H groups in total. The van der Waals surface area contributed by atoms with E-state index < -0.39 is 5.79 Å². The molecule has 9 heteroatoms. The van der Waals surface area contributed by atoms with Crippen molar-refractivity contribution < 1.29 is 9.47 Å². The summed E-state index contributed by atoms with van der Waals surface area (Å²) in [5, 5.41) is 19.8. The number of benzene rings is 2. The number of rotatable bonds is 11. The fourth-order valence-electron chi connectivity index (χ4n) is 6.60. The van der Waals surface area contributed by atoms with Crippen molar-refractivity contribution >= 4 is 0 Å². The molecule has 0 spiro atoms. The number of hydrogen-bond acceptors (Lipinski definition) is 7. The van der Waals surface area contributed by atoms with E-state index >= 15 is 0 Å². The lowest BCUT2D eigenvalue weighted by molar-refractivity contribution is -0.300. The summed E-state index contributed by atoms with van der Waals surface area (Å²) < 4.78 is 16.0. The molecule has 0 unspecified atom stereocenters. The van der Waals surface area contributed by atoms with Gasteiger partial charge in [0.1, 0.15) is 5.82 Å². The van der Waals surface area contributed by atoms with Gasteiger partial charge in [0, 0.05) is 24.4 Å². The molecular weight excluding hydrogens is 538 g/mol. The van der Waals surface area contributed by atoms with Crippen LogP contribution < -0.4 is 0 Å². The van der Waals surface area contributed by atoms with Crippen molar-refractivity contribution in [2.75, 3.05) is 0 Å². The highest BCUT2D eigenvalue weighted by Gasteiger charge is 2.43. The Morgan fingerprint density at radius 2 is 1.49 bits per heavy atom. The number of ether oxygens (including phenoxy) is 2. The van der Waals surface area contributed by atoms with E-state index in [-0.39, 0.29) is 18.2 Å². The molecule has 2 aromatic carbocycles. The highest BCUT2D eigenvalue weighted by molar-refractivity contribution is 5.80. The van der Waals surface area contributed by atoms with E-state index in [9.17, 15) is 0 Å². The number of H-pyrrole nitrogens is 1. The molecule has 0 bridgehead atoms. The number of nitrogens with one attached hydrogen (secondary N) is 1. The summed E-state index contributed by atoms with van der Waals surface area (Å²) >= 11 is 0. The Kier molecular flexibility index (Phi) is 9.28. The van der Waals surface area contributed by atoms with Crippen LogP contribution in [0, 0.1) is 0 Å². The molecule has 0 aliphatic heterocycles. The molecule has 9 nitrogen and oxygen atoms in total. The van der Waals surface area contributed by atoms with Gasteiger partial charge in [-0.25, -0.2) is 9.67 Å². The molecule has 43 heavy (non-hydrogen) atoms. The predicted molar refractivity (Wildman–Crippen MR) is 166 cm³/mol. The Labute approximate surface area is 254 Å². The standard InChI is InChI=1S/C34H45N7O2/c1-4-34(42-27-13-7-5-8-14-27,43-28-15-9-6-10-16-28)33-35-31(41(38-33)24(2)3)23-25-19-21-26(22-20-25)29-17-11-12-18-30(29)32-36-39-40-37-32/h11-12,17-22,24,27-28H,4-10,13-16,23H2,1-3H3,(H,36,37,39,40). The number of aromatic amines is 1. The number of nitrogens with zero attached hydrogens (tertiary/aromatic N) is 6. The largest absolute Gasteiger partial charge is 0.340 e. The van der Waals surface area contributed by atoms with E-state index in [4.69, 9.17) is 19.6 Å². The van der Waals surface area contributed by atoms with Gasteiger partial charge in [-0.1, -0.05) is 94.0 Å². The zero-order valence-electron chi connectivity index (χ0n) is 25.8. The molecule has 6 rings (SSSR count). The van der Waals surface area contributed by atoms with E-state index in [0.29, 0.717) is 24.5 Å². The first-order valence-electron chi connectivity index (χ1n) is 16.3. The Hall–Kier alpha value is -3.43. The molecular formula is C34H45N7O2. The summed E-state index contributed by atoms with van der Waals surface area (Å²) in [5.41, 5.74) is 4.28. The van der Waals surface area contributed by atoms with Gasteiger partial charge >= 0.3 is 0 Å². The van der Waals surface area contributed by atoms with Gasteiger partial charge < -0.3 is 9.47 Å². The summed E-state index contributed by atoms with van der Waals surface area (Å²) in [7, 11) is 0. The second-order valence-electron chi connectivity index (χ2n) is 12.4. The van der Waals surface area contributed by atoms with Crippen LogP contribution in [-0.2, 0) is 21.7 Å². The minimum absolute atomic E-state index is 0.163. The molecule has 0 radical (unpaired) electrons. The second kappa shape index (κ2) is 13.5. The van der Waals surface area contributed by atoms with Gasteiger partial charge in [0.25, 0.3) is 0 Å². The first kappa shape index (κ1) is 29.6. The fraction of sp³-hybridized carbons (Fsp3) is 0.559. The summed E-state index contributed by atoms with van der Waals surface area (Å²) in [4.78, 5) is 5.20. The van der Waals surface area contributed by atoms with Crippen LogP contribution >= 0.6 is 0 Å². The first-order chi connectivity index (χ1) is 21.0. The zero-order valence-corrected chi connectivity index (χ0v) is 25.8. The molecule has 2 heterocycles. The summed E-state index contributed by atoms with van der Waals surface area (Å²) in [5.74, 6) is 1.28. The van der Waals surface area contributed by atoms with Crippen molar-refractivity contribution in [3.05, 3.63) is 65.7 Å². The topological polar surface area (TPSA) is 104 Å². The van der Waals surface area contributed by atoms with Crippen LogP contribution in [0.15, 0.2) is 48.5 Å². The SMILES string of the molecule is CCC(OC1CCCCC1)(OC1CCCCC1)c1nc(Cc2ccc(-c3ccccc3-c3nn[nH]n3)cc2)n(C(C)C)n1. The number of tetrazole rings is 1. The minimum atomic E-state index is -0.915. The van der Waals surface area contributed by atoms with Gasteiger partial charge in [0.05, 0.1) is 12.2 Å². The Bertz CT molecular complexity index is 1420. The lowest BCUT2D eigenvalue weighted by Gasteiger charge is -2.39. The molecule has 0 saturated heterocycles. The molecule has 2 saturated carbocycles. The second-order valence-corrected chi connectivity index (χ2v) is 12.4. The van der Waals surface area contributed by atoms with Gasteiger partial charge in [-0.05, 0) is 61.4 Å². The monoisotopic (exact) mass is 583 g/mol. The van der Waals surface area contributed by atoms with E-state index in [1.54, 1.807) is 0 Å². The molecule has 4 aromatic rings. The van der Waals surface area contributed by atoms with Crippen molar-refractivity contribution in [2.24, 2.45) is 0 Å². The number of hydrogen-bond donors (Lipinski definition) is 1. The van der Waals surface area contributed by atoms with Gasteiger partial charge in [0.2, 0.25) is 17.4 Å². The van der Waals surface area contributed by atoms with Crippen molar-refractivity contribution in [3.8, 4) is 22.5 Å². The zero-order chi connectivity index (χ0) is 29.6. The molecule has 2 aromatic heterocycles. The highest BCUT2D eigenvalue weighted by atomic mass is 16.7. The van der Waals surface area contributed by atoms with E-state index in [1.807, 2.05) is 18.2 Å². The van der Waals surface area contributed by atoms with Gasteiger partial charge in [-0.2, -0.15) is 5.21 Å². The number of aromatic nitrogens is 7. The lowest BCUT2D eigenvalue weighted by atomic mass is 9.96. The predicted octanol–water partition coefficient (Wildman–Crippen LogP) is 7.56. The van der Waals surface area contributed by atoms with Crippen LogP contribution in [0.25, 0.3) is 22.5 Å². The summed E-state index contributed by atoms with van der Waals surface area (Å²) in [6, 6.07) is 16.9. The third-order valence-corrected chi connectivity index (χ3v) is 8.96. The Balaban J connectivity index is 1.28. The summed E-state index contributed by atoms with van der Waals surface area (Å²) in [6.45, 7) is 6.49. The Morgan fingerprint density at radius 1 is 0.860 bits per heavy atom. The Morgan fingerprint density at radius 3 is 2.05 bits per heavy atom. The molecule has 2 aliphatic rings. The van der Waals surface area contributed by atoms with Crippen molar-refractivity contribution in [2.45, 2.75) is 122 Å². The lowest BCUT2D eigenvalue weighted by Crippen LogP contribution is -2.42. The average molecular weight is 584 g/mol. The molecule has 2 aliphatic carbocycles. The van der Waals surface area contributed by atoms with Crippen LogP contribution in [0.3, 0.4) is 0 Å². The van der Waals surface area contributed by atoms with Gasteiger partial charge in [0.15, 0.2) is 0 Å². The maximum atomic E-state index is 6.94. The van der Waals surface area contributed by atoms with Crippen molar-refractivity contribution in [1.82, 2.24) is 35.4 Å². The van der Waals surface area contributed by atoms with Crippen molar-refractivity contribution in [1.29, 1.82) is 0 Å². The first-order valence-corrected chi connectivity index (χ1v) is 16.3. The fourth-order valence-corrected chi connectivity index (χ4v) is 6.60. The third kappa shape index (κ3) is 6.73. The summed E-state index contributed by atoms with van der Waals surface area (Å²) in [6.07, 6.45) is 13.5. The molecule has 2 fully saturated rings.